The number of hydrogen-bond acceptors (Lipinski definition) is 2. The zero-order valence-corrected chi connectivity index (χ0v) is 5.82. The second kappa shape index (κ2) is 3.69. The van der Waals surface area contributed by atoms with E-state index in [0.29, 0.717) is 6.61 Å². The van der Waals surface area contributed by atoms with Crippen molar-refractivity contribution in [1.82, 2.24) is 0 Å². The third kappa shape index (κ3) is 2.20. The Morgan fingerprint density at radius 1 is 1.67 bits per heavy atom. The number of amides is 1. The van der Waals surface area contributed by atoms with Crippen molar-refractivity contribution >= 4 is 18.3 Å². The van der Waals surface area contributed by atoms with E-state index in [1.165, 1.54) is 0 Å². The normalized spacial score (nSPS) is 25.1. The summed E-state index contributed by atoms with van der Waals surface area (Å²) in [4.78, 5) is 10.3. The number of hydrogen-bond donors (Lipinski definition) is 1. The molecule has 0 spiro atoms. The lowest BCUT2D eigenvalue weighted by Crippen LogP contribution is -2.27. The van der Waals surface area contributed by atoms with Crippen LogP contribution in [0.5, 0.6) is 0 Å². The highest BCUT2D eigenvalue weighted by molar-refractivity contribution is 5.85. The Morgan fingerprint density at radius 2 is 2.33 bits per heavy atom. The van der Waals surface area contributed by atoms with Gasteiger partial charge in [-0.25, -0.2) is 0 Å². The van der Waals surface area contributed by atoms with Crippen molar-refractivity contribution in [3.05, 3.63) is 0 Å². The zero-order valence-electron chi connectivity index (χ0n) is 5.00. The van der Waals surface area contributed by atoms with E-state index in [1.54, 1.807) is 0 Å². The van der Waals surface area contributed by atoms with Gasteiger partial charge in [0.1, 0.15) is 6.10 Å². The van der Waals surface area contributed by atoms with Crippen molar-refractivity contribution in [3.63, 3.8) is 0 Å². The van der Waals surface area contributed by atoms with Gasteiger partial charge in [-0.3, -0.25) is 4.79 Å². The molecule has 4 heteroatoms. The summed E-state index contributed by atoms with van der Waals surface area (Å²) < 4.78 is 4.94. The SMILES string of the molecule is Cl.NC(=O)C1CCCO1. The smallest absolute Gasteiger partial charge is 0.246 e. The van der Waals surface area contributed by atoms with E-state index in [1.807, 2.05) is 0 Å². The van der Waals surface area contributed by atoms with Crippen LogP contribution in [0.4, 0.5) is 0 Å². The maximum Gasteiger partial charge on any atom is 0.246 e. The molecular weight excluding hydrogens is 142 g/mol. The lowest BCUT2D eigenvalue weighted by molar-refractivity contribution is -0.126. The van der Waals surface area contributed by atoms with Gasteiger partial charge in [0.25, 0.3) is 0 Å². The Bertz CT molecular complexity index is 101. The fourth-order valence-corrected chi connectivity index (χ4v) is 0.802. The molecule has 2 N–H and O–H groups in total. The number of primary amides is 1. The van der Waals surface area contributed by atoms with Gasteiger partial charge in [0.2, 0.25) is 5.91 Å². The molecule has 1 unspecified atom stereocenters. The van der Waals surface area contributed by atoms with Gasteiger partial charge < -0.3 is 10.5 Å². The summed E-state index contributed by atoms with van der Waals surface area (Å²) >= 11 is 0. The summed E-state index contributed by atoms with van der Waals surface area (Å²) in [6.45, 7) is 0.688. The fraction of sp³-hybridized carbons (Fsp3) is 0.800. The molecule has 1 amide bonds. The number of carbonyl (C=O) groups excluding carboxylic acids is 1. The molecule has 1 rings (SSSR count). The number of ether oxygens (including phenoxy) is 1. The lowest BCUT2D eigenvalue weighted by Gasteiger charge is -2.00. The third-order valence-electron chi connectivity index (χ3n) is 1.25. The van der Waals surface area contributed by atoms with Crippen molar-refractivity contribution < 1.29 is 9.53 Å². The molecule has 9 heavy (non-hydrogen) atoms. The van der Waals surface area contributed by atoms with E-state index in [-0.39, 0.29) is 24.4 Å². The minimum atomic E-state index is -0.331. The minimum absolute atomic E-state index is 0. The monoisotopic (exact) mass is 151 g/mol. The third-order valence-corrected chi connectivity index (χ3v) is 1.25. The number of halogens is 1. The van der Waals surface area contributed by atoms with Crippen LogP contribution in [0.25, 0.3) is 0 Å². The quantitative estimate of drug-likeness (QED) is 0.577. The van der Waals surface area contributed by atoms with E-state index >= 15 is 0 Å². The van der Waals surface area contributed by atoms with Crippen LogP contribution in [0.3, 0.4) is 0 Å². The van der Waals surface area contributed by atoms with Crippen LogP contribution in [-0.2, 0) is 9.53 Å². The molecule has 1 fully saturated rings. The largest absolute Gasteiger partial charge is 0.368 e. The van der Waals surface area contributed by atoms with Gasteiger partial charge in [-0.2, -0.15) is 0 Å². The zero-order chi connectivity index (χ0) is 5.98. The average Bonchev–Trinajstić information content (AvgIpc) is 2.12. The van der Waals surface area contributed by atoms with Gasteiger partial charge in [0, 0.05) is 6.61 Å². The highest BCUT2D eigenvalue weighted by Gasteiger charge is 2.19. The summed E-state index contributed by atoms with van der Waals surface area (Å²) in [7, 11) is 0. The highest BCUT2D eigenvalue weighted by atomic mass is 35.5. The summed E-state index contributed by atoms with van der Waals surface area (Å²) in [6.07, 6.45) is 1.47. The molecule has 0 aromatic heterocycles. The van der Waals surface area contributed by atoms with Gasteiger partial charge >= 0.3 is 0 Å². The van der Waals surface area contributed by atoms with Crippen molar-refractivity contribution in [2.75, 3.05) is 6.61 Å². The Morgan fingerprint density at radius 3 is 2.56 bits per heavy atom. The second-order valence-electron chi connectivity index (χ2n) is 1.90. The molecule has 1 heterocycles. The molecule has 0 saturated carbocycles. The standard InChI is InChI=1S/C5H9NO2.ClH/c6-5(7)4-2-1-3-8-4;/h4H,1-3H2,(H2,6,7);1H. The van der Waals surface area contributed by atoms with Gasteiger partial charge in [-0.1, -0.05) is 0 Å². The molecule has 1 aliphatic rings. The number of nitrogens with two attached hydrogens (primary N) is 1. The summed E-state index contributed by atoms with van der Waals surface area (Å²) in [6, 6.07) is 0. The molecule has 3 nitrogen and oxygen atoms in total. The summed E-state index contributed by atoms with van der Waals surface area (Å²) in [5, 5.41) is 0. The first kappa shape index (κ1) is 8.72. The first-order chi connectivity index (χ1) is 3.80. The first-order valence-corrected chi connectivity index (χ1v) is 2.71. The Hall–Kier alpha value is -0.280. The Kier molecular flexibility index (Phi) is 3.58. The van der Waals surface area contributed by atoms with Gasteiger partial charge in [0.05, 0.1) is 0 Å². The maximum absolute atomic E-state index is 10.3. The van der Waals surface area contributed by atoms with Crippen LogP contribution < -0.4 is 5.73 Å². The number of carbonyl (C=O) groups is 1. The molecule has 0 radical (unpaired) electrons. The average molecular weight is 152 g/mol. The molecule has 54 valence electrons. The fourth-order valence-electron chi connectivity index (χ4n) is 0.802. The molecule has 0 aromatic carbocycles. The van der Waals surface area contributed by atoms with Crippen molar-refractivity contribution in [2.45, 2.75) is 18.9 Å². The van der Waals surface area contributed by atoms with Crippen LogP contribution in [-0.4, -0.2) is 18.6 Å². The molecule has 0 aromatic rings. The van der Waals surface area contributed by atoms with Crippen molar-refractivity contribution in [3.8, 4) is 0 Å². The molecule has 1 atom stereocenters. The van der Waals surface area contributed by atoms with Gasteiger partial charge in [-0.05, 0) is 12.8 Å². The van der Waals surface area contributed by atoms with Crippen LogP contribution in [0, 0.1) is 0 Å². The van der Waals surface area contributed by atoms with Crippen molar-refractivity contribution in [2.24, 2.45) is 5.73 Å². The van der Waals surface area contributed by atoms with Crippen LogP contribution in [0.15, 0.2) is 0 Å². The second-order valence-corrected chi connectivity index (χ2v) is 1.90. The predicted molar refractivity (Wildman–Crippen MR) is 35.4 cm³/mol. The Labute approximate surface area is 60.0 Å². The minimum Gasteiger partial charge on any atom is -0.368 e. The molecule has 0 bridgehead atoms. The van der Waals surface area contributed by atoms with Crippen LogP contribution in [0.1, 0.15) is 12.8 Å². The van der Waals surface area contributed by atoms with E-state index in [2.05, 4.69) is 0 Å². The van der Waals surface area contributed by atoms with Crippen molar-refractivity contribution in [1.29, 1.82) is 0 Å². The van der Waals surface area contributed by atoms with E-state index in [0.717, 1.165) is 12.8 Å². The van der Waals surface area contributed by atoms with Crippen LogP contribution >= 0.6 is 12.4 Å². The van der Waals surface area contributed by atoms with E-state index in [9.17, 15) is 4.79 Å². The summed E-state index contributed by atoms with van der Waals surface area (Å²) in [5.74, 6) is -0.331. The molecule has 0 aliphatic carbocycles. The van der Waals surface area contributed by atoms with E-state index < -0.39 is 0 Å². The van der Waals surface area contributed by atoms with E-state index in [4.69, 9.17) is 10.5 Å². The predicted octanol–water partition coefficient (Wildman–Crippen LogP) is 0.0725. The first-order valence-electron chi connectivity index (χ1n) is 2.71. The maximum atomic E-state index is 10.3. The summed E-state index contributed by atoms with van der Waals surface area (Å²) in [5.41, 5.74) is 4.93. The Balaban J connectivity index is 0.000000640. The molecular formula is C5H10ClNO2. The van der Waals surface area contributed by atoms with Gasteiger partial charge in [0.15, 0.2) is 0 Å². The highest BCUT2D eigenvalue weighted by Crippen LogP contribution is 2.10. The number of rotatable bonds is 1. The molecule has 1 aliphatic heterocycles. The van der Waals surface area contributed by atoms with Gasteiger partial charge in [-0.15, -0.1) is 12.4 Å². The lowest BCUT2D eigenvalue weighted by atomic mass is 10.2. The molecule has 1 saturated heterocycles. The topological polar surface area (TPSA) is 52.3 Å². The van der Waals surface area contributed by atoms with Crippen LogP contribution in [0.2, 0.25) is 0 Å².